The Morgan fingerprint density at radius 3 is 1.51 bits per heavy atom. The second-order valence-corrected chi connectivity index (χ2v) is 11.8. The van der Waals surface area contributed by atoms with E-state index in [1.54, 1.807) is 0 Å². The van der Waals surface area contributed by atoms with Crippen molar-refractivity contribution < 1.29 is 0 Å². The smallest absolute Gasteiger partial charge is 0.0974 e. The fraction of sp³-hybridized carbons (Fsp3) is 0.0698. The van der Waals surface area contributed by atoms with Gasteiger partial charge < -0.3 is 0 Å². The van der Waals surface area contributed by atoms with E-state index in [2.05, 4.69) is 134 Å². The predicted molar refractivity (Wildman–Crippen MR) is 194 cm³/mol. The van der Waals surface area contributed by atoms with Crippen LogP contribution in [0.1, 0.15) is 18.3 Å². The molecule has 8 aromatic rings. The third-order valence-electron chi connectivity index (χ3n) is 8.68. The van der Waals surface area contributed by atoms with E-state index >= 15 is 0 Å². The summed E-state index contributed by atoms with van der Waals surface area (Å²) < 4.78 is 0. The minimum absolute atomic E-state index is 0.829. The lowest BCUT2D eigenvalue weighted by Gasteiger charge is -2.17. The highest BCUT2D eigenvalue weighted by Crippen LogP contribution is 2.39. The molecule has 0 atom stereocenters. The standard InChI is InChI=1S/C43H32N4/c1-3-35-27-37(36-25-24-32-23-22-28(2)44-41(32)43(36)45-35)33-20-13-21-34(26-33)42-40(31-18-11-6-12-19-31)46-38(29-14-7-4-8-15-29)39(47-42)30-16-9-5-10-17-30/h4-27H,3H2,1-2H3. The summed E-state index contributed by atoms with van der Waals surface area (Å²) in [6.45, 7) is 4.18. The van der Waals surface area contributed by atoms with Gasteiger partial charge in [0.2, 0.25) is 0 Å². The summed E-state index contributed by atoms with van der Waals surface area (Å²) in [6, 6.07) is 50.5. The molecule has 47 heavy (non-hydrogen) atoms. The molecule has 0 unspecified atom stereocenters. The third-order valence-corrected chi connectivity index (χ3v) is 8.68. The number of nitrogens with zero attached hydrogens (tertiary/aromatic N) is 4. The van der Waals surface area contributed by atoms with Crippen molar-refractivity contribution in [3.8, 4) is 56.2 Å². The number of fused-ring (bicyclic) bond motifs is 3. The monoisotopic (exact) mass is 604 g/mol. The van der Waals surface area contributed by atoms with E-state index in [4.69, 9.17) is 19.9 Å². The van der Waals surface area contributed by atoms with Gasteiger partial charge in [0.05, 0.1) is 33.8 Å². The van der Waals surface area contributed by atoms with Crippen molar-refractivity contribution in [3.05, 3.63) is 157 Å². The quantitative estimate of drug-likeness (QED) is 0.177. The van der Waals surface area contributed by atoms with Crippen LogP contribution in [0.25, 0.3) is 78.0 Å². The molecule has 0 spiro atoms. The van der Waals surface area contributed by atoms with Crippen molar-refractivity contribution >= 4 is 21.8 Å². The zero-order chi connectivity index (χ0) is 31.7. The molecule has 0 aliphatic rings. The van der Waals surface area contributed by atoms with Gasteiger partial charge in [-0.15, -0.1) is 0 Å². The van der Waals surface area contributed by atoms with Gasteiger partial charge in [-0.1, -0.05) is 134 Å². The van der Waals surface area contributed by atoms with Crippen LogP contribution in [-0.4, -0.2) is 19.9 Å². The van der Waals surface area contributed by atoms with Gasteiger partial charge in [-0.05, 0) is 42.7 Å². The van der Waals surface area contributed by atoms with E-state index in [9.17, 15) is 0 Å². The molecule has 3 aromatic heterocycles. The van der Waals surface area contributed by atoms with E-state index in [0.29, 0.717) is 0 Å². The Hall–Kier alpha value is -6.00. The molecule has 5 aromatic carbocycles. The molecule has 0 radical (unpaired) electrons. The first-order valence-corrected chi connectivity index (χ1v) is 16.1. The van der Waals surface area contributed by atoms with Crippen LogP contribution in [0, 0.1) is 6.92 Å². The largest absolute Gasteiger partial charge is 0.251 e. The second kappa shape index (κ2) is 12.1. The van der Waals surface area contributed by atoms with Crippen molar-refractivity contribution in [2.24, 2.45) is 0 Å². The number of benzene rings is 5. The number of aryl methyl sites for hydroxylation is 2. The number of hydrogen-bond donors (Lipinski definition) is 0. The van der Waals surface area contributed by atoms with Gasteiger partial charge in [-0.2, -0.15) is 0 Å². The molecule has 0 saturated carbocycles. The summed E-state index contributed by atoms with van der Waals surface area (Å²) in [5.74, 6) is 0. The lowest BCUT2D eigenvalue weighted by Crippen LogP contribution is -2.01. The molecule has 0 bridgehead atoms. The van der Waals surface area contributed by atoms with Crippen LogP contribution in [0.15, 0.2) is 146 Å². The van der Waals surface area contributed by atoms with Crippen molar-refractivity contribution in [1.29, 1.82) is 0 Å². The molecule has 8 rings (SSSR count). The van der Waals surface area contributed by atoms with E-state index in [1.165, 1.54) is 0 Å². The first-order chi connectivity index (χ1) is 23.2. The van der Waals surface area contributed by atoms with Crippen LogP contribution in [0.4, 0.5) is 0 Å². The zero-order valence-corrected chi connectivity index (χ0v) is 26.4. The van der Waals surface area contributed by atoms with Crippen LogP contribution in [0.3, 0.4) is 0 Å². The molecule has 0 fully saturated rings. The molecular formula is C43H32N4. The molecule has 0 aliphatic carbocycles. The highest BCUT2D eigenvalue weighted by atomic mass is 14.9. The van der Waals surface area contributed by atoms with Gasteiger partial charge in [0.1, 0.15) is 0 Å². The Labute approximate surface area is 274 Å². The van der Waals surface area contributed by atoms with Crippen LogP contribution in [0.2, 0.25) is 0 Å². The van der Waals surface area contributed by atoms with E-state index in [-0.39, 0.29) is 0 Å². The summed E-state index contributed by atoms with van der Waals surface area (Å²) in [6.07, 6.45) is 0.829. The van der Waals surface area contributed by atoms with E-state index in [0.717, 1.165) is 95.8 Å². The van der Waals surface area contributed by atoms with Crippen molar-refractivity contribution in [3.63, 3.8) is 0 Å². The van der Waals surface area contributed by atoms with Crippen molar-refractivity contribution in [2.75, 3.05) is 0 Å². The summed E-state index contributed by atoms with van der Waals surface area (Å²) in [4.78, 5) is 20.9. The highest BCUT2D eigenvalue weighted by molar-refractivity contribution is 6.08. The van der Waals surface area contributed by atoms with Crippen LogP contribution < -0.4 is 0 Å². The zero-order valence-electron chi connectivity index (χ0n) is 26.4. The molecular weight excluding hydrogens is 573 g/mol. The maximum absolute atomic E-state index is 5.46. The second-order valence-electron chi connectivity index (χ2n) is 11.8. The topological polar surface area (TPSA) is 51.6 Å². The minimum atomic E-state index is 0.829. The molecule has 0 amide bonds. The fourth-order valence-corrected chi connectivity index (χ4v) is 6.30. The van der Waals surface area contributed by atoms with Crippen LogP contribution in [-0.2, 0) is 6.42 Å². The Balaban J connectivity index is 1.39. The number of hydrogen-bond acceptors (Lipinski definition) is 4. The lowest BCUT2D eigenvalue weighted by atomic mass is 9.94. The summed E-state index contributed by atoms with van der Waals surface area (Å²) in [5.41, 5.74) is 13.6. The molecule has 0 N–H and O–H groups in total. The fourth-order valence-electron chi connectivity index (χ4n) is 6.30. The van der Waals surface area contributed by atoms with Crippen molar-refractivity contribution in [1.82, 2.24) is 19.9 Å². The molecule has 0 saturated heterocycles. The minimum Gasteiger partial charge on any atom is -0.251 e. The number of aromatic nitrogens is 4. The summed E-state index contributed by atoms with van der Waals surface area (Å²) in [7, 11) is 0. The Kier molecular flexibility index (Phi) is 7.31. The van der Waals surface area contributed by atoms with Gasteiger partial charge in [0.25, 0.3) is 0 Å². The third kappa shape index (κ3) is 5.34. The van der Waals surface area contributed by atoms with Crippen LogP contribution >= 0.6 is 0 Å². The Morgan fingerprint density at radius 2 is 0.936 bits per heavy atom. The van der Waals surface area contributed by atoms with Gasteiger partial charge in [-0.25, -0.2) is 9.97 Å². The maximum Gasteiger partial charge on any atom is 0.0974 e. The highest BCUT2D eigenvalue weighted by Gasteiger charge is 2.20. The Morgan fingerprint density at radius 1 is 0.426 bits per heavy atom. The number of pyridine rings is 2. The molecule has 224 valence electrons. The average molecular weight is 605 g/mol. The lowest BCUT2D eigenvalue weighted by molar-refractivity contribution is 1.06. The van der Waals surface area contributed by atoms with Gasteiger partial charge in [0.15, 0.2) is 0 Å². The van der Waals surface area contributed by atoms with Crippen LogP contribution in [0.5, 0.6) is 0 Å². The van der Waals surface area contributed by atoms with E-state index in [1.807, 2.05) is 25.1 Å². The molecule has 3 heterocycles. The summed E-state index contributed by atoms with van der Waals surface area (Å²) in [5, 5.41) is 2.18. The Bertz CT molecular complexity index is 2380. The van der Waals surface area contributed by atoms with Crippen molar-refractivity contribution in [2.45, 2.75) is 20.3 Å². The maximum atomic E-state index is 5.46. The molecule has 0 aliphatic heterocycles. The molecule has 4 nitrogen and oxygen atoms in total. The van der Waals surface area contributed by atoms with Gasteiger partial charge in [0, 0.05) is 44.4 Å². The SMILES string of the molecule is CCc1cc(-c2cccc(-c3nc(-c4ccccc4)c(-c4ccccc4)nc3-c3ccccc3)c2)c2ccc3ccc(C)nc3c2n1. The van der Waals surface area contributed by atoms with Gasteiger partial charge >= 0.3 is 0 Å². The number of rotatable bonds is 6. The average Bonchev–Trinajstić information content (AvgIpc) is 3.15. The predicted octanol–water partition coefficient (Wildman–Crippen LogP) is 10.8. The first kappa shape index (κ1) is 28.5. The van der Waals surface area contributed by atoms with E-state index < -0.39 is 0 Å². The van der Waals surface area contributed by atoms with Gasteiger partial charge in [-0.3, -0.25) is 9.97 Å². The normalized spacial score (nSPS) is 11.3. The summed E-state index contributed by atoms with van der Waals surface area (Å²) >= 11 is 0. The molecule has 4 heteroatoms. The first-order valence-electron chi connectivity index (χ1n) is 16.1.